The highest BCUT2D eigenvalue weighted by atomic mass is 16.2. The standard InChI is InChI=1S/C13H27NO/c1-12(2)11-14(13-7-8-13)9-5-3-4-6-10-15/h12-13,15H,3-11H2,1-2H3. The molecule has 0 spiro atoms. The van der Waals surface area contributed by atoms with Crippen molar-refractivity contribution in [1.82, 2.24) is 4.90 Å². The van der Waals surface area contributed by atoms with Crippen LogP contribution in [0.3, 0.4) is 0 Å². The molecule has 0 aliphatic heterocycles. The van der Waals surface area contributed by atoms with Gasteiger partial charge in [-0.1, -0.05) is 26.7 Å². The second-order valence-electron chi connectivity index (χ2n) is 5.26. The molecule has 0 atom stereocenters. The predicted octanol–water partition coefficient (Wildman–Crippen LogP) is 2.66. The van der Waals surface area contributed by atoms with Crippen LogP contribution < -0.4 is 0 Å². The highest BCUT2D eigenvalue weighted by Crippen LogP contribution is 2.27. The van der Waals surface area contributed by atoms with Gasteiger partial charge in [-0.25, -0.2) is 0 Å². The number of hydrogen-bond donors (Lipinski definition) is 1. The van der Waals surface area contributed by atoms with E-state index in [4.69, 9.17) is 5.11 Å². The molecule has 90 valence electrons. The van der Waals surface area contributed by atoms with Gasteiger partial charge in [0.25, 0.3) is 0 Å². The van der Waals surface area contributed by atoms with E-state index in [0.717, 1.165) is 18.4 Å². The second-order valence-corrected chi connectivity index (χ2v) is 5.26. The number of aliphatic hydroxyl groups is 1. The monoisotopic (exact) mass is 213 g/mol. The van der Waals surface area contributed by atoms with Gasteiger partial charge in [0.1, 0.15) is 0 Å². The van der Waals surface area contributed by atoms with E-state index in [-0.39, 0.29) is 0 Å². The molecule has 0 unspecified atom stereocenters. The van der Waals surface area contributed by atoms with Gasteiger partial charge >= 0.3 is 0 Å². The summed E-state index contributed by atoms with van der Waals surface area (Å²) in [6.45, 7) is 7.51. The van der Waals surface area contributed by atoms with Crippen LogP contribution in [-0.4, -0.2) is 35.7 Å². The zero-order chi connectivity index (χ0) is 11.1. The summed E-state index contributed by atoms with van der Waals surface area (Å²) in [5.41, 5.74) is 0. The number of hydrogen-bond acceptors (Lipinski definition) is 2. The summed E-state index contributed by atoms with van der Waals surface area (Å²) in [6, 6.07) is 0.908. The molecule has 2 heteroatoms. The molecule has 0 aromatic heterocycles. The van der Waals surface area contributed by atoms with Crippen LogP contribution in [0.1, 0.15) is 52.4 Å². The van der Waals surface area contributed by atoms with E-state index < -0.39 is 0 Å². The number of nitrogens with zero attached hydrogens (tertiary/aromatic N) is 1. The first-order valence-electron chi connectivity index (χ1n) is 6.59. The van der Waals surface area contributed by atoms with Gasteiger partial charge in [-0.15, -0.1) is 0 Å². The maximum atomic E-state index is 8.68. The van der Waals surface area contributed by atoms with Crippen molar-refractivity contribution < 1.29 is 5.11 Å². The minimum Gasteiger partial charge on any atom is -0.396 e. The van der Waals surface area contributed by atoms with E-state index >= 15 is 0 Å². The molecule has 1 aliphatic carbocycles. The summed E-state index contributed by atoms with van der Waals surface area (Å²) in [5, 5.41) is 8.68. The third-order valence-corrected chi connectivity index (χ3v) is 3.02. The summed E-state index contributed by atoms with van der Waals surface area (Å²) in [7, 11) is 0. The topological polar surface area (TPSA) is 23.5 Å². The van der Waals surface area contributed by atoms with Crippen molar-refractivity contribution in [2.75, 3.05) is 19.7 Å². The fourth-order valence-corrected chi connectivity index (χ4v) is 2.11. The van der Waals surface area contributed by atoms with Gasteiger partial charge in [-0.2, -0.15) is 0 Å². The van der Waals surface area contributed by atoms with Gasteiger partial charge < -0.3 is 10.0 Å². The molecule has 1 aliphatic rings. The Kier molecular flexibility index (Phi) is 6.26. The van der Waals surface area contributed by atoms with Gasteiger partial charge in [0.05, 0.1) is 0 Å². The van der Waals surface area contributed by atoms with Crippen LogP contribution in [0.5, 0.6) is 0 Å². The predicted molar refractivity (Wildman–Crippen MR) is 65.0 cm³/mol. The minimum absolute atomic E-state index is 0.359. The average molecular weight is 213 g/mol. The molecule has 0 bridgehead atoms. The van der Waals surface area contributed by atoms with E-state index in [9.17, 15) is 0 Å². The van der Waals surface area contributed by atoms with Gasteiger partial charge in [0.15, 0.2) is 0 Å². The molecule has 1 N–H and O–H groups in total. The summed E-state index contributed by atoms with van der Waals surface area (Å²) in [4.78, 5) is 2.67. The lowest BCUT2D eigenvalue weighted by molar-refractivity contribution is 0.227. The van der Waals surface area contributed by atoms with Crippen molar-refractivity contribution in [2.45, 2.75) is 58.4 Å². The van der Waals surface area contributed by atoms with Crippen molar-refractivity contribution in [3.8, 4) is 0 Å². The lowest BCUT2D eigenvalue weighted by atomic mass is 10.1. The zero-order valence-corrected chi connectivity index (χ0v) is 10.4. The second kappa shape index (κ2) is 7.24. The number of unbranched alkanes of at least 4 members (excludes halogenated alkanes) is 3. The van der Waals surface area contributed by atoms with Crippen molar-refractivity contribution in [3.63, 3.8) is 0 Å². The highest BCUT2D eigenvalue weighted by Gasteiger charge is 2.28. The average Bonchev–Trinajstić information content (AvgIpc) is 2.98. The lowest BCUT2D eigenvalue weighted by Crippen LogP contribution is -2.30. The summed E-state index contributed by atoms with van der Waals surface area (Å²) in [5.74, 6) is 0.794. The SMILES string of the molecule is CC(C)CN(CCCCCCO)C1CC1. The van der Waals surface area contributed by atoms with Gasteiger partial charge in [0, 0.05) is 19.2 Å². The fraction of sp³-hybridized carbons (Fsp3) is 1.00. The Morgan fingerprint density at radius 1 is 1.13 bits per heavy atom. The molecule has 2 nitrogen and oxygen atoms in total. The normalized spacial score (nSPS) is 16.6. The van der Waals surface area contributed by atoms with E-state index in [2.05, 4.69) is 18.7 Å². The summed E-state index contributed by atoms with van der Waals surface area (Å²) < 4.78 is 0. The van der Waals surface area contributed by atoms with Gasteiger partial charge in [-0.05, 0) is 38.1 Å². The Labute approximate surface area is 94.7 Å². The largest absolute Gasteiger partial charge is 0.396 e. The summed E-state index contributed by atoms with van der Waals surface area (Å²) in [6.07, 6.45) is 7.60. The van der Waals surface area contributed by atoms with E-state index in [1.165, 1.54) is 45.2 Å². The smallest absolute Gasteiger partial charge is 0.0431 e. The quantitative estimate of drug-likeness (QED) is 0.595. The molecule has 1 saturated carbocycles. The third kappa shape index (κ3) is 6.16. The van der Waals surface area contributed by atoms with Crippen LogP contribution in [-0.2, 0) is 0 Å². The molecule has 0 aromatic rings. The lowest BCUT2D eigenvalue weighted by Gasteiger charge is -2.23. The third-order valence-electron chi connectivity index (χ3n) is 3.02. The molecule has 0 radical (unpaired) electrons. The molecule has 15 heavy (non-hydrogen) atoms. The molecule has 0 saturated heterocycles. The Bertz CT molecular complexity index is 155. The first kappa shape index (κ1) is 13.0. The molecule has 0 amide bonds. The molecular formula is C13H27NO. The van der Waals surface area contributed by atoms with Crippen LogP contribution in [0, 0.1) is 5.92 Å². The van der Waals surface area contributed by atoms with Crippen LogP contribution in [0.15, 0.2) is 0 Å². The first-order valence-corrected chi connectivity index (χ1v) is 6.59. The Morgan fingerprint density at radius 2 is 1.80 bits per heavy atom. The number of rotatable bonds is 9. The Morgan fingerprint density at radius 3 is 2.33 bits per heavy atom. The molecule has 0 heterocycles. The van der Waals surface area contributed by atoms with E-state index in [0.29, 0.717) is 6.61 Å². The van der Waals surface area contributed by atoms with Gasteiger partial charge in [-0.3, -0.25) is 0 Å². The Hall–Kier alpha value is -0.0800. The molecule has 1 fully saturated rings. The maximum absolute atomic E-state index is 8.68. The van der Waals surface area contributed by atoms with Crippen molar-refractivity contribution in [3.05, 3.63) is 0 Å². The highest BCUT2D eigenvalue weighted by molar-refractivity contribution is 4.84. The van der Waals surface area contributed by atoms with Gasteiger partial charge in [0.2, 0.25) is 0 Å². The minimum atomic E-state index is 0.359. The van der Waals surface area contributed by atoms with Crippen molar-refractivity contribution in [1.29, 1.82) is 0 Å². The van der Waals surface area contributed by atoms with Crippen LogP contribution in [0.25, 0.3) is 0 Å². The van der Waals surface area contributed by atoms with Crippen LogP contribution in [0.4, 0.5) is 0 Å². The van der Waals surface area contributed by atoms with Crippen molar-refractivity contribution >= 4 is 0 Å². The first-order chi connectivity index (χ1) is 7.24. The van der Waals surface area contributed by atoms with E-state index in [1.54, 1.807) is 0 Å². The zero-order valence-electron chi connectivity index (χ0n) is 10.4. The van der Waals surface area contributed by atoms with Crippen LogP contribution in [0.2, 0.25) is 0 Å². The molecule has 0 aromatic carbocycles. The Balaban J connectivity index is 2.04. The fourth-order valence-electron chi connectivity index (χ4n) is 2.11. The number of aliphatic hydroxyl groups excluding tert-OH is 1. The van der Waals surface area contributed by atoms with E-state index in [1.807, 2.05) is 0 Å². The van der Waals surface area contributed by atoms with Crippen LogP contribution >= 0.6 is 0 Å². The molecule has 1 rings (SSSR count). The maximum Gasteiger partial charge on any atom is 0.0431 e. The van der Waals surface area contributed by atoms with Crippen molar-refractivity contribution in [2.24, 2.45) is 5.92 Å². The summed E-state index contributed by atoms with van der Waals surface area (Å²) >= 11 is 0. The molecular weight excluding hydrogens is 186 g/mol.